The van der Waals surface area contributed by atoms with Crippen molar-refractivity contribution >= 4 is 11.6 Å². The second kappa shape index (κ2) is 7.58. The molecule has 0 bridgehead atoms. The van der Waals surface area contributed by atoms with E-state index >= 15 is 0 Å². The van der Waals surface area contributed by atoms with Crippen LogP contribution in [0.4, 0.5) is 5.69 Å². The molecule has 2 heterocycles. The van der Waals surface area contributed by atoms with Crippen LogP contribution in [0.2, 0.25) is 0 Å². The van der Waals surface area contributed by atoms with Gasteiger partial charge in [0, 0.05) is 25.1 Å². The number of piperidine rings is 1. The van der Waals surface area contributed by atoms with Gasteiger partial charge >= 0.3 is 0 Å². The van der Waals surface area contributed by atoms with E-state index in [-0.39, 0.29) is 11.9 Å². The highest BCUT2D eigenvalue weighted by Crippen LogP contribution is 2.38. The molecule has 0 unspecified atom stereocenters. The standard InChI is InChI=1S/C20H26N4O2/c1-14(25)21-17-10-8-15(9-11-17)13-24-12-3-2-7-18(24)20-23-22-19(26-20)16-5-4-6-16/h8-11,16,18H,2-7,12-13H2,1H3,(H,21,25)/t18-/m1/s1. The molecule has 1 aromatic heterocycles. The van der Waals surface area contributed by atoms with Crippen LogP contribution in [0, 0.1) is 0 Å². The summed E-state index contributed by atoms with van der Waals surface area (Å²) in [4.78, 5) is 13.6. The Morgan fingerprint density at radius 2 is 1.88 bits per heavy atom. The van der Waals surface area contributed by atoms with Crippen LogP contribution in [0.5, 0.6) is 0 Å². The molecule has 0 radical (unpaired) electrons. The number of carbonyl (C=O) groups excluding carboxylic acids is 1. The summed E-state index contributed by atoms with van der Waals surface area (Å²) in [5.41, 5.74) is 2.06. The number of nitrogens with zero attached hydrogens (tertiary/aromatic N) is 3. The van der Waals surface area contributed by atoms with E-state index in [9.17, 15) is 4.79 Å². The largest absolute Gasteiger partial charge is 0.423 e. The Morgan fingerprint density at radius 3 is 2.58 bits per heavy atom. The van der Waals surface area contributed by atoms with Gasteiger partial charge in [0.1, 0.15) is 0 Å². The van der Waals surface area contributed by atoms with E-state index < -0.39 is 0 Å². The summed E-state index contributed by atoms with van der Waals surface area (Å²) in [5.74, 6) is 2.04. The number of carbonyl (C=O) groups is 1. The van der Waals surface area contributed by atoms with Gasteiger partial charge in [-0.25, -0.2) is 0 Å². The second-order valence-corrected chi connectivity index (χ2v) is 7.47. The van der Waals surface area contributed by atoms with Gasteiger partial charge in [-0.05, 0) is 49.9 Å². The second-order valence-electron chi connectivity index (χ2n) is 7.47. The first-order valence-electron chi connectivity index (χ1n) is 9.63. The summed E-state index contributed by atoms with van der Waals surface area (Å²) in [6.45, 7) is 3.42. The Hall–Kier alpha value is -2.21. The minimum atomic E-state index is -0.0486. The first-order valence-corrected chi connectivity index (χ1v) is 9.63. The molecule has 6 nitrogen and oxygen atoms in total. The highest BCUT2D eigenvalue weighted by Gasteiger charge is 2.31. The van der Waals surface area contributed by atoms with Crippen LogP contribution in [0.3, 0.4) is 0 Å². The summed E-state index contributed by atoms with van der Waals surface area (Å²) in [6.07, 6.45) is 7.09. The van der Waals surface area contributed by atoms with Crippen LogP contribution < -0.4 is 5.32 Å². The van der Waals surface area contributed by atoms with Gasteiger partial charge in [0.15, 0.2) is 0 Å². The number of amides is 1. The lowest BCUT2D eigenvalue weighted by atomic mass is 9.85. The number of hydrogen-bond donors (Lipinski definition) is 1. The number of anilines is 1. The van der Waals surface area contributed by atoms with Crippen molar-refractivity contribution in [2.45, 2.75) is 64.0 Å². The summed E-state index contributed by atoms with van der Waals surface area (Å²) < 4.78 is 6.05. The zero-order valence-corrected chi connectivity index (χ0v) is 15.3. The van der Waals surface area contributed by atoms with E-state index in [1.807, 2.05) is 12.1 Å². The molecule has 6 heteroatoms. The van der Waals surface area contributed by atoms with Crippen LogP contribution in [-0.4, -0.2) is 27.5 Å². The number of nitrogens with one attached hydrogen (secondary N) is 1. The number of aromatic nitrogens is 2. The third-order valence-electron chi connectivity index (χ3n) is 5.47. The van der Waals surface area contributed by atoms with Crippen LogP contribution in [-0.2, 0) is 11.3 Å². The molecule has 1 aromatic carbocycles. The summed E-state index contributed by atoms with van der Waals surface area (Å²) in [6, 6.07) is 8.27. The fraction of sp³-hybridized carbons (Fsp3) is 0.550. The van der Waals surface area contributed by atoms with Crippen molar-refractivity contribution in [2.75, 3.05) is 11.9 Å². The summed E-state index contributed by atoms with van der Waals surface area (Å²) >= 11 is 0. The zero-order chi connectivity index (χ0) is 17.9. The van der Waals surface area contributed by atoms with Gasteiger partial charge in [0.25, 0.3) is 0 Å². The normalized spacial score (nSPS) is 21.3. The minimum Gasteiger partial charge on any atom is -0.423 e. The van der Waals surface area contributed by atoms with Crippen molar-refractivity contribution < 1.29 is 9.21 Å². The van der Waals surface area contributed by atoms with Crippen molar-refractivity contribution in [1.29, 1.82) is 0 Å². The highest BCUT2D eigenvalue weighted by molar-refractivity contribution is 5.88. The molecule has 1 saturated carbocycles. The SMILES string of the molecule is CC(=O)Nc1ccc(CN2CCCC[C@@H]2c2nnc(C3CCC3)o2)cc1. The topological polar surface area (TPSA) is 71.3 Å². The molecule has 1 atom stereocenters. The molecule has 1 aliphatic heterocycles. The first-order chi connectivity index (χ1) is 12.7. The predicted octanol–water partition coefficient (Wildman–Crippen LogP) is 4.02. The Bertz CT molecular complexity index is 751. The number of rotatable bonds is 5. The maximum Gasteiger partial charge on any atom is 0.233 e. The molecule has 1 aliphatic carbocycles. The van der Waals surface area contributed by atoms with Gasteiger partial charge < -0.3 is 9.73 Å². The molecule has 1 N–H and O–H groups in total. The molecule has 138 valence electrons. The van der Waals surface area contributed by atoms with Crippen molar-refractivity contribution in [2.24, 2.45) is 0 Å². The van der Waals surface area contributed by atoms with E-state index in [2.05, 4.69) is 32.5 Å². The molecule has 1 amide bonds. The highest BCUT2D eigenvalue weighted by atomic mass is 16.4. The molecule has 2 aromatic rings. The quantitative estimate of drug-likeness (QED) is 0.878. The lowest BCUT2D eigenvalue weighted by Gasteiger charge is -2.33. The Morgan fingerprint density at radius 1 is 1.12 bits per heavy atom. The molecule has 26 heavy (non-hydrogen) atoms. The lowest BCUT2D eigenvalue weighted by Crippen LogP contribution is -2.33. The van der Waals surface area contributed by atoms with Gasteiger partial charge in [0.05, 0.1) is 6.04 Å². The zero-order valence-electron chi connectivity index (χ0n) is 15.3. The fourth-order valence-electron chi connectivity index (χ4n) is 3.79. The molecule has 0 spiro atoms. The Kier molecular flexibility index (Phi) is 5.02. The van der Waals surface area contributed by atoms with Crippen LogP contribution >= 0.6 is 0 Å². The van der Waals surface area contributed by atoms with Crippen LogP contribution in [0.25, 0.3) is 0 Å². The lowest BCUT2D eigenvalue weighted by molar-refractivity contribution is -0.114. The third kappa shape index (κ3) is 3.80. The van der Waals surface area contributed by atoms with E-state index in [0.29, 0.717) is 5.92 Å². The number of benzene rings is 1. The Balaban J connectivity index is 1.45. The Labute approximate surface area is 154 Å². The fourth-order valence-corrected chi connectivity index (χ4v) is 3.79. The average molecular weight is 354 g/mol. The predicted molar refractivity (Wildman–Crippen MR) is 98.6 cm³/mol. The van der Waals surface area contributed by atoms with E-state index in [1.165, 1.54) is 44.6 Å². The van der Waals surface area contributed by atoms with Gasteiger partial charge in [-0.15, -0.1) is 10.2 Å². The first kappa shape index (κ1) is 17.2. The van der Waals surface area contributed by atoms with Gasteiger partial charge in [-0.2, -0.15) is 0 Å². The van der Waals surface area contributed by atoms with E-state index in [1.54, 1.807) is 0 Å². The number of hydrogen-bond acceptors (Lipinski definition) is 5. The summed E-state index contributed by atoms with van der Waals surface area (Å²) in [5, 5.41) is 11.5. The molecule has 1 saturated heterocycles. The van der Waals surface area contributed by atoms with Crippen molar-refractivity contribution in [3.8, 4) is 0 Å². The van der Waals surface area contributed by atoms with Gasteiger partial charge in [-0.3, -0.25) is 9.69 Å². The van der Waals surface area contributed by atoms with Gasteiger partial charge in [-0.1, -0.05) is 25.0 Å². The molecule has 2 fully saturated rings. The van der Waals surface area contributed by atoms with Crippen LogP contribution in [0.15, 0.2) is 28.7 Å². The van der Waals surface area contributed by atoms with Crippen molar-refractivity contribution in [3.05, 3.63) is 41.6 Å². The average Bonchev–Trinajstić information content (AvgIpc) is 3.04. The summed E-state index contributed by atoms with van der Waals surface area (Å²) in [7, 11) is 0. The third-order valence-corrected chi connectivity index (χ3v) is 5.47. The van der Waals surface area contributed by atoms with E-state index in [0.717, 1.165) is 37.0 Å². The van der Waals surface area contributed by atoms with Crippen molar-refractivity contribution in [1.82, 2.24) is 15.1 Å². The smallest absolute Gasteiger partial charge is 0.233 e. The molecular weight excluding hydrogens is 328 g/mol. The molecule has 4 rings (SSSR count). The van der Waals surface area contributed by atoms with E-state index in [4.69, 9.17) is 4.42 Å². The maximum absolute atomic E-state index is 11.1. The monoisotopic (exact) mass is 354 g/mol. The number of likely N-dealkylation sites (tertiary alicyclic amines) is 1. The molecule has 2 aliphatic rings. The van der Waals surface area contributed by atoms with Crippen LogP contribution in [0.1, 0.15) is 74.8 Å². The van der Waals surface area contributed by atoms with Crippen molar-refractivity contribution in [3.63, 3.8) is 0 Å². The van der Waals surface area contributed by atoms with Gasteiger partial charge in [0.2, 0.25) is 17.7 Å². The maximum atomic E-state index is 11.1. The minimum absolute atomic E-state index is 0.0486. The molecular formula is C20H26N4O2.